The Bertz CT molecular complexity index is 474. The third-order valence-corrected chi connectivity index (χ3v) is 4.82. The maximum Gasteiger partial charge on any atom is 0.288 e. The van der Waals surface area contributed by atoms with Crippen LogP contribution in [-0.4, -0.2) is 30.8 Å². The number of alkyl halides is 2. The van der Waals surface area contributed by atoms with E-state index in [1.54, 1.807) is 24.3 Å². The summed E-state index contributed by atoms with van der Waals surface area (Å²) in [6.07, 6.45) is 4.85. The van der Waals surface area contributed by atoms with E-state index in [2.05, 4.69) is 5.32 Å². The Morgan fingerprint density at radius 1 is 1.14 bits per heavy atom. The van der Waals surface area contributed by atoms with Crippen LogP contribution in [0.2, 0.25) is 0 Å². The van der Waals surface area contributed by atoms with Crippen molar-refractivity contribution < 1.29 is 18.5 Å². The molecule has 1 heterocycles. The number of hydrogen-bond donors (Lipinski definition) is 2. The molecule has 1 aliphatic rings. The monoisotopic (exact) mass is 329 g/mol. The standard InChI is InChI=1S/C16H22F2N2OS/c1-12(20-10-4-2-3-5-11-20)15(21)19-13-6-8-14(9-7-13)22-16(17)18/h6-9,12,16H,2-5,10-11H2,1H3,(H,19,21)/p+1/t12-/m1/s1. The number of carbonyl (C=O) groups excluding carboxylic acids is 1. The zero-order chi connectivity index (χ0) is 15.9. The van der Waals surface area contributed by atoms with Crippen molar-refractivity contribution in [3.05, 3.63) is 24.3 Å². The second-order valence-electron chi connectivity index (χ2n) is 5.69. The van der Waals surface area contributed by atoms with Gasteiger partial charge in [-0.3, -0.25) is 4.79 Å². The first-order valence-electron chi connectivity index (χ1n) is 7.76. The normalized spacial score (nSPS) is 18.0. The van der Waals surface area contributed by atoms with Crippen molar-refractivity contribution in [2.24, 2.45) is 0 Å². The van der Waals surface area contributed by atoms with Crippen molar-refractivity contribution in [1.82, 2.24) is 0 Å². The highest BCUT2D eigenvalue weighted by atomic mass is 32.2. The molecule has 122 valence electrons. The number of benzene rings is 1. The predicted octanol–water partition coefficient (Wildman–Crippen LogP) is 2.79. The minimum atomic E-state index is -2.42. The van der Waals surface area contributed by atoms with E-state index >= 15 is 0 Å². The number of hydrogen-bond acceptors (Lipinski definition) is 2. The van der Waals surface area contributed by atoms with Gasteiger partial charge in [0.15, 0.2) is 6.04 Å². The quantitative estimate of drug-likeness (QED) is 0.815. The summed E-state index contributed by atoms with van der Waals surface area (Å²) in [5.74, 6) is -2.43. The van der Waals surface area contributed by atoms with Crippen LogP contribution >= 0.6 is 11.8 Å². The third-order valence-electron chi connectivity index (χ3n) is 4.10. The molecule has 0 bridgehead atoms. The van der Waals surface area contributed by atoms with Gasteiger partial charge >= 0.3 is 0 Å². The number of amides is 1. The van der Waals surface area contributed by atoms with Crippen LogP contribution < -0.4 is 10.2 Å². The molecule has 22 heavy (non-hydrogen) atoms. The second-order valence-corrected chi connectivity index (χ2v) is 6.75. The van der Waals surface area contributed by atoms with Gasteiger partial charge in [-0.25, -0.2) is 0 Å². The fourth-order valence-corrected chi connectivity index (χ4v) is 3.27. The number of thioether (sulfide) groups is 1. The first-order valence-corrected chi connectivity index (χ1v) is 8.64. The molecule has 2 rings (SSSR count). The Hall–Kier alpha value is -1.14. The molecule has 1 aromatic rings. The van der Waals surface area contributed by atoms with Crippen molar-refractivity contribution in [3.8, 4) is 0 Å². The van der Waals surface area contributed by atoms with Crippen molar-refractivity contribution in [2.75, 3.05) is 18.4 Å². The van der Waals surface area contributed by atoms with E-state index in [-0.39, 0.29) is 11.9 Å². The van der Waals surface area contributed by atoms with Gasteiger partial charge in [0.25, 0.3) is 11.7 Å². The summed E-state index contributed by atoms with van der Waals surface area (Å²) in [5, 5.41) is 2.88. The molecular formula is C16H23F2N2OS+. The molecule has 2 N–H and O–H groups in total. The molecule has 1 amide bonds. The van der Waals surface area contributed by atoms with E-state index in [9.17, 15) is 13.6 Å². The largest absolute Gasteiger partial charge is 0.325 e. The van der Waals surface area contributed by atoms with Gasteiger partial charge in [0.05, 0.1) is 13.1 Å². The molecule has 0 radical (unpaired) electrons. The molecule has 0 spiro atoms. The summed E-state index contributed by atoms with van der Waals surface area (Å²) in [5.41, 5.74) is 0.657. The summed E-state index contributed by atoms with van der Waals surface area (Å²) >= 11 is 0.507. The molecule has 0 saturated carbocycles. The molecule has 0 aromatic heterocycles. The highest BCUT2D eigenvalue weighted by molar-refractivity contribution is 7.99. The first-order chi connectivity index (χ1) is 10.6. The van der Waals surface area contributed by atoms with E-state index < -0.39 is 5.76 Å². The Morgan fingerprint density at radius 3 is 2.27 bits per heavy atom. The van der Waals surface area contributed by atoms with Crippen molar-refractivity contribution in [1.29, 1.82) is 0 Å². The van der Waals surface area contributed by atoms with Crippen LogP contribution in [0.15, 0.2) is 29.2 Å². The number of rotatable bonds is 5. The van der Waals surface area contributed by atoms with Gasteiger partial charge in [0.2, 0.25) is 0 Å². The number of anilines is 1. The summed E-state index contributed by atoms with van der Waals surface area (Å²) in [6.45, 7) is 4.04. The lowest BCUT2D eigenvalue weighted by atomic mass is 10.2. The SMILES string of the molecule is C[C@H](C(=O)Nc1ccc(SC(F)F)cc1)[NH+]1CCCCCC1. The molecule has 1 atom stereocenters. The molecule has 0 aliphatic carbocycles. The zero-order valence-corrected chi connectivity index (χ0v) is 13.6. The van der Waals surface area contributed by atoms with Gasteiger partial charge in [0.1, 0.15) is 0 Å². The van der Waals surface area contributed by atoms with E-state index in [1.807, 2.05) is 6.92 Å². The molecule has 1 aromatic carbocycles. The van der Waals surface area contributed by atoms with Gasteiger partial charge in [-0.1, -0.05) is 11.8 Å². The van der Waals surface area contributed by atoms with Crippen LogP contribution in [0.3, 0.4) is 0 Å². The number of nitrogens with one attached hydrogen (secondary N) is 2. The van der Waals surface area contributed by atoms with E-state index in [0.29, 0.717) is 22.3 Å². The van der Waals surface area contributed by atoms with Gasteiger partial charge in [-0.15, -0.1) is 0 Å². The zero-order valence-electron chi connectivity index (χ0n) is 12.8. The summed E-state index contributed by atoms with van der Waals surface area (Å²) in [4.78, 5) is 14.2. The van der Waals surface area contributed by atoms with Crippen LogP contribution in [0.4, 0.5) is 14.5 Å². The summed E-state index contributed by atoms with van der Waals surface area (Å²) in [6, 6.07) is 6.47. The molecule has 3 nitrogen and oxygen atoms in total. The lowest BCUT2D eigenvalue weighted by Gasteiger charge is -2.23. The molecular weight excluding hydrogens is 306 g/mol. The molecule has 1 saturated heterocycles. The van der Waals surface area contributed by atoms with E-state index in [4.69, 9.17) is 0 Å². The highest BCUT2D eigenvalue weighted by Crippen LogP contribution is 2.26. The van der Waals surface area contributed by atoms with E-state index in [0.717, 1.165) is 13.1 Å². The second kappa shape index (κ2) is 8.48. The Labute approximate surface area is 134 Å². The molecule has 0 unspecified atom stereocenters. The van der Waals surface area contributed by atoms with Crippen LogP contribution in [0.1, 0.15) is 32.6 Å². The molecule has 1 aliphatic heterocycles. The Morgan fingerprint density at radius 2 is 1.73 bits per heavy atom. The number of likely N-dealkylation sites (tertiary alicyclic amines) is 1. The molecule has 1 fully saturated rings. The smallest absolute Gasteiger partial charge is 0.288 e. The maximum absolute atomic E-state index is 12.3. The average molecular weight is 329 g/mol. The predicted molar refractivity (Wildman–Crippen MR) is 85.6 cm³/mol. The Kier molecular flexibility index (Phi) is 6.64. The fourth-order valence-electron chi connectivity index (χ4n) is 2.77. The average Bonchev–Trinajstić information content (AvgIpc) is 2.77. The summed E-state index contributed by atoms with van der Waals surface area (Å²) < 4.78 is 24.5. The first kappa shape index (κ1) is 17.2. The van der Waals surface area contributed by atoms with Crippen LogP contribution in [0.5, 0.6) is 0 Å². The van der Waals surface area contributed by atoms with Gasteiger partial charge in [-0.05, 0) is 56.9 Å². The van der Waals surface area contributed by atoms with Crippen LogP contribution in [0, 0.1) is 0 Å². The van der Waals surface area contributed by atoms with E-state index in [1.165, 1.54) is 30.6 Å². The summed E-state index contributed by atoms with van der Waals surface area (Å²) in [7, 11) is 0. The number of carbonyl (C=O) groups is 1. The van der Waals surface area contributed by atoms with Crippen molar-refractivity contribution >= 4 is 23.4 Å². The lowest BCUT2D eigenvalue weighted by molar-refractivity contribution is -0.913. The van der Waals surface area contributed by atoms with Crippen LogP contribution in [0.25, 0.3) is 0 Å². The van der Waals surface area contributed by atoms with Crippen molar-refractivity contribution in [2.45, 2.75) is 49.3 Å². The van der Waals surface area contributed by atoms with Gasteiger partial charge < -0.3 is 10.2 Å². The van der Waals surface area contributed by atoms with Gasteiger partial charge in [0, 0.05) is 10.6 Å². The number of halogens is 2. The minimum Gasteiger partial charge on any atom is -0.325 e. The van der Waals surface area contributed by atoms with Gasteiger partial charge in [-0.2, -0.15) is 8.78 Å². The molecule has 6 heteroatoms. The fraction of sp³-hybridized carbons (Fsp3) is 0.562. The lowest BCUT2D eigenvalue weighted by Crippen LogP contribution is -3.16. The topological polar surface area (TPSA) is 33.5 Å². The minimum absolute atomic E-state index is 0.00818. The van der Waals surface area contributed by atoms with Crippen molar-refractivity contribution in [3.63, 3.8) is 0 Å². The highest BCUT2D eigenvalue weighted by Gasteiger charge is 2.25. The van der Waals surface area contributed by atoms with Crippen LogP contribution in [-0.2, 0) is 4.79 Å². The third kappa shape index (κ3) is 5.25. The maximum atomic E-state index is 12.3. The Balaban J connectivity index is 1.90. The number of quaternary nitrogens is 1.